The molecule has 7 atom stereocenters. The highest BCUT2D eigenvalue weighted by atomic mass is 32.2. The number of likely N-dealkylation sites (tertiary alicyclic amines) is 1. The fraction of sp³-hybridized carbons (Fsp3) is 0.478. The van der Waals surface area contributed by atoms with E-state index in [4.69, 9.17) is 9.47 Å². The zero-order chi connectivity index (χ0) is 23.0. The maximum Gasteiger partial charge on any atom is 0.325 e. The Balaban J connectivity index is 1.45. The van der Waals surface area contributed by atoms with Gasteiger partial charge in [-0.25, -0.2) is 0 Å². The quantitative estimate of drug-likeness (QED) is 0.521. The molecule has 2 aliphatic carbocycles. The van der Waals surface area contributed by atoms with Gasteiger partial charge in [0.1, 0.15) is 12.3 Å². The zero-order valence-electron chi connectivity index (χ0n) is 18.0. The van der Waals surface area contributed by atoms with Crippen molar-refractivity contribution in [2.75, 3.05) is 20.8 Å². The van der Waals surface area contributed by atoms with Gasteiger partial charge >= 0.3 is 10.8 Å². The summed E-state index contributed by atoms with van der Waals surface area (Å²) in [5.41, 5.74) is 0.999. The number of fused-ring (bicyclic) bond motifs is 9. The molecule has 2 amide bonds. The zero-order valence-corrected chi connectivity index (χ0v) is 19.6. The average molecular weight is 487 g/mol. The largest absolute Gasteiger partial charge is 0.496 e. The van der Waals surface area contributed by atoms with Gasteiger partial charge in [-0.1, -0.05) is 29.5 Å². The number of benzene rings is 1. The highest BCUT2D eigenvalue weighted by Crippen LogP contribution is 2.68. The standard InChI is InChI=1S/C23H22N2O6S2/c1-30-12-6-4-3-5-9(12)14-15-10-7-11(18(15)32-20-19(14)33-23(29)24-20)17-16(10)21(27)25(22(17)28)8-13(26)31-2/h3-6,10-11,14-18H,7-8H2,1-2H3,(H,24,29). The van der Waals surface area contributed by atoms with Crippen molar-refractivity contribution in [3.8, 4) is 5.75 Å². The molecule has 2 aromatic rings. The van der Waals surface area contributed by atoms with E-state index in [-0.39, 0.29) is 52.2 Å². The van der Waals surface area contributed by atoms with Crippen LogP contribution >= 0.6 is 23.1 Å². The number of aromatic nitrogens is 1. The van der Waals surface area contributed by atoms with Crippen molar-refractivity contribution in [2.24, 2.45) is 29.6 Å². The number of amides is 2. The first-order valence-electron chi connectivity index (χ1n) is 10.9. The molecule has 33 heavy (non-hydrogen) atoms. The lowest BCUT2D eigenvalue weighted by atomic mass is 9.68. The van der Waals surface area contributed by atoms with Crippen LogP contribution in [-0.2, 0) is 19.1 Å². The molecule has 0 spiro atoms. The van der Waals surface area contributed by atoms with E-state index in [1.165, 1.54) is 18.4 Å². The van der Waals surface area contributed by atoms with Gasteiger partial charge in [0.15, 0.2) is 0 Å². The molecule has 8 nitrogen and oxygen atoms in total. The second kappa shape index (κ2) is 7.46. The number of thioether (sulfide) groups is 1. The molecule has 7 unspecified atom stereocenters. The predicted molar refractivity (Wildman–Crippen MR) is 120 cm³/mol. The Hall–Kier alpha value is -2.59. The molecule has 172 valence electrons. The van der Waals surface area contributed by atoms with Gasteiger partial charge in [0, 0.05) is 21.6 Å². The fourth-order valence-corrected chi connectivity index (χ4v) is 9.58. The monoisotopic (exact) mass is 486 g/mol. The van der Waals surface area contributed by atoms with Gasteiger partial charge in [-0.15, -0.1) is 11.8 Å². The molecule has 4 aliphatic rings. The Bertz CT molecular complexity index is 1240. The molecular formula is C23H22N2O6S2. The fourth-order valence-electron chi connectivity index (χ4n) is 6.70. The number of hydrogen-bond acceptors (Lipinski definition) is 8. The normalized spacial score (nSPS) is 33.6. The maximum absolute atomic E-state index is 13.3. The number of carbonyl (C=O) groups excluding carboxylic acids is 3. The van der Waals surface area contributed by atoms with Crippen LogP contribution in [0.15, 0.2) is 34.1 Å². The summed E-state index contributed by atoms with van der Waals surface area (Å²) in [7, 11) is 2.88. The molecule has 1 aromatic carbocycles. The van der Waals surface area contributed by atoms with E-state index in [1.807, 2.05) is 24.3 Å². The number of nitrogens with zero attached hydrogens (tertiary/aromatic N) is 1. The van der Waals surface area contributed by atoms with Crippen LogP contribution in [0.3, 0.4) is 0 Å². The van der Waals surface area contributed by atoms with Crippen LogP contribution in [0.1, 0.15) is 22.8 Å². The number of nitrogens with one attached hydrogen (secondary N) is 1. The van der Waals surface area contributed by atoms with Gasteiger partial charge in [-0.05, 0) is 30.2 Å². The molecule has 10 heteroatoms. The predicted octanol–water partition coefficient (Wildman–Crippen LogP) is 2.09. The van der Waals surface area contributed by atoms with E-state index in [1.54, 1.807) is 18.9 Å². The minimum absolute atomic E-state index is 0.00291. The first-order chi connectivity index (χ1) is 15.9. The number of para-hydroxylation sites is 1. The summed E-state index contributed by atoms with van der Waals surface area (Å²) >= 11 is 2.85. The number of thiazole rings is 1. The SMILES string of the molecule is COC(=O)CN1C(=O)C2C3CC(C2C1=O)C1C(c2ccccc2OC)c2sc(=O)[nH]c2SC31. The number of carbonyl (C=O) groups is 3. The molecule has 6 rings (SSSR count). The first kappa shape index (κ1) is 21.0. The molecule has 3 heterocycles. The van der Waals surface area contributed by atoms with Gasteiger partial charge in [-0.2, -0.15) is 0 Å². The number of imide groups is 1. The molecule has 1 aromatic heterocycles. The molecule has 1 N–H and O–H groups in total. The van der Waals surface area contributed by atoms with E-state index in [0.29, 0.717) is 0 Å². The lowest BCUT2D eigenvalue weighted by Crippen LogP contribution is -2.42. The smallest absolute Gasteiger partial charge is 0.325 e. The number of esters is 1. The van der Waals surface area contributed by atoms with Gasteiger partial charge in [-0.3, -0.25) is 24.1 Å². The summed E-state index contributed by atoms with van der Waals surface area (Å²) in [6.07, 6.45) is 0.798. The Morgan fingerprint density at radius 1 is 1.12 bits per heavy atom. The van der Waals surface area contributed by atoms with E-state index in [2.05, 4.69) is 4.98 Å². The molecule has 2 aliphatic heterocycles. The highest BCUT2D eigenvalue weighted by Gasteiger charge is 2.69. The molecule has 2 bridgehead atoms. The number of rotatable bonds is 4. The number of methoxy groups -OCH3 is 2. The second-order valence-electron chi connectivity index (χ2n) is 9.04. The molecule has 2 saturated carbocycles. The number of H-pyrrole nitrogens is 1. The van der Waals surface area contributed by atoms with Crippen LogP contribution in [-0.4, -0.2) is 53.7 Å². The average Bonchev–Trinajstić information content (AvgIpc) is 3.54. The van der Waals surface area contributed by atoms with Crippen LogP contribution in [0.4, 0.5) is 0 Å². The molecule has 1 saturated heterocycles. The lowest BCUT2D eigenvalue weighted by Gasteiger charge is -2.43. The third-order valence-electron chi connectivity index (χ3n) is 7.80. The summed E-state index contributed by atoms with van der Waals surface area (Å²) in [4.78, 5) is 55.7. The van der Waals surface area contributed by atoms with E-state index in [0.717, 1.165) is 32.5 Å². The van der Waals surface area contributed by atoms with E-state index >= 15 is 0 Å². The van der Waals surface area contributed by atoms with Gasteiger partial charge in [0.05, 0.1) is 31.1 Å². The van der Waals surface area contributed by atoms with Crippen molar-refractivity contribution in [3.05, 3.63) is 44.4 Å². The van der Waals surface area contributed by atoms with Crippen molar-refractivity contribution in [1.82, 2.24) is 9.88 Å². The van der Waals surface area contributed by atoms with Crippen LogP contribution < -0.4 is 9.61 Å². The summed E-state index contributed by atoms with van der Waals surface area (Å²) in [6, 6.07) is 7.82. The van der Waals surface area contributed by atoms with Gasteiger partial charge in [0.25, 0.3) is 0 Å². The summed E-state index contributed by atoms with van der Waals surface area (Å²) < 4.78 is 10.4. The van der Waals surface area contributed by atoms with Crippen molar-refractivity contribution in [1.29, 1.82) is 0 Å². The Kier molecular flexibility index (Phi) is 4.74. The van der Waals surface area contributed by atoms with Crippen LogP contribution in [0.2, 0.25) is 0 Å². The van der Waals surface area contributed by atoms with E-state index < -0.39 is 17.8 Å². The Morgan fingerprint density at radius 3 is 2.58 bits per heavy atom. The van der Waals surface area contributed by atoms with E-state index in [9.17, 15) is 19.2 Å². The number of ether oxygens (including phenoxy) is 2. The lowest BCUT2D eigenvalue weighted by molar-refractivity contribution is -0.151. The molecule has 0 radical (unpaired) electrons. The number of hydrogen-bond donors (Lipinski definition) is 1. The van der Waals surface area contributed by atoms with Crippen molar-refractivity contribution >= 4 is 40.9 Å². The molecular weight excluding hydrogens is 464 g/mol. The number of aromatic amines is 1. The minimum atomic E-state index is -0.595. The summed E-state index contributed by atoms with van der Waals surface area (Å²) in [5, 5.41) is 0.952. The first-order valence-corrected chi connectivity index (χ1v) is 12.6. The van der Waals surface area contributed by atoms with Gasteiger partial charge in [0.2, 0.25) is 11.8 Å². The minimum Gasteiger partial charge on any atom is -0.496 e. The van der Waals surface area contributed by atoms with Crippen LogP contribution in [0, 0.1) is 29.6 Å². The maximum atomic E-state index is 13.3. The topological polar surface area (TPSA) is 106 Å². The Morgan fingerprint density at radius 2 is 1.85 bits per heavy atom. The van der Waals surface area contributed by atoms with Crippen molar-refractivity contribution in [3.63, 3.8) is 0 Å². The summed E-state index contributed by atoms with van der Waals surface area (Å²) in [5.74, 6) is -1.21. The third kappa shape index (κ3) is 2.83. The Labute approximate surface area is 197 Å². The summed E-state index contributed by atoms with van der Waals surface area (Å²) in [6.45, 7) is -0.334. The third-order valence-corrected chi connectivity index (χ3v) is 10.4. The van der Waals surface area contributed by atoms with Crippen molar-refractivity contribution in [2.45, 2.75) is 22.6 Å². The van der Waals surface area contributed by atoms with Crippen molar-refractivity contribution < 1.29 is 23.9 Å². The molecule has 3 fully saturated rings. The van der Waals surface area contributed by atoms with Crippen LogP contribution in [0.25, 0.3) is 0 Å². The van der Waals surface area contributed by atoms with Crippen LogP contribution in [0.5, 0.6) is 5.75 Å². The second-order valence-corrected chi connectivity index (χ2v) is 11.2. The van der Waals surface area contributed by atoms with Gasteiger partial charge < -0.3 is 14.5 Å². The highest BCUT2D eigenvalue weighted by molar-refractivity contribution is 8.00.